The fourth-order valence-corrected chi connectivity index (χ4v) is 3.77. The van der Waals surface area contributed by atoms with Gasteiger partial charge in [-0.05, 0) is 38.7 Å². The van der Waals surface area contributed by atoms with E-state index in [1.165, 1.54) is 29.5 Å². The largest absolute Gasteiger partial charge is 0.478 e. The molecule has 4 nitrogen and oxygen atoms in total. The topological polar surface area (TPSA) is 54.6 Å². The van der Waals surface area contributed by atoms with Gasteiger partial charge in [0.2, 0.25) is 0 Å². The van der Waals surface area contributed by atoms with Crippen molar-refractivity contribution in [2.45, 2.75) is 32.6 Å². The van der Waals surface area contributed by atoms with Crippen molar-refractivity contribution in [1.82, 2.24) is 9.38 Å². The predicted octanol–water partition coefficient (Wildman–Crippen LogP) is 2.68. The molecule has 1 aliphatic rings. The molecule has 0 bridgehead atoms. The number of rotatable bonds is 2. The highest BCUT2D eigenvalue weighted by Gasteiger charge is 2.19. The van der Waals surface area contributed by atoms with E-state index in [0.29, 0.717) is 0 Å². The number of hydrogen-bond donors (Lipinski definition) is 1. The van der Waals surface area contributed by atoms with E-state index in [0.717, 1.165) is 29.2 Å². The Bertz CT molecular complexity index is 652. The van der Waals surface area contributed by atoms with Crippen molar-refractivity contribution in [3.05, 3.63) is 28.0 Å². The van der Waals surface area contributed by atoms with Crippen LogP contribution in [0, 0.1) is 6.92 Å². The third-order valence-corrected chi connectivity index (χ3v) is 4.47. The molecule has 2 aromatic heterocycles. The van der Waals surface area contributed by atoms with Gasteiger partial charge in [0.15, 0.2) is 4.96 Å². The van der Waals surface area contributed by atoms with Crippen LogP contribution in [0.4, 0.5) is 0 Å². The Balaban J connectivity index is 2.20. The van der Waals surface area contributed by atoms with E-state index >= 15 is 0 Å². The highest BCUT2D eigenvalue weighted by molar-refractivity contribution is 7.17. The number of nitrogens with zero attached hydrogens (tertiary/aromatic N) is 2. The maximum atomic E-state index is 10.7. The van der Waals surface area contributed by atoms with E-state index < -0.39 is 5.97 Å². The minimum absolute atomic E-state index is 0.895. The average Bonchev–Trinajstić information content (AvgIpc) is 2.81. The number of carbonyl (C=O) groups is 1. The van der Waals surface area contributed by atoms with E-state index in [1.54, 1.807) is 17.4 Å². The normalized spacial score (nSPS) is 15.4. The van der Waals surface area contributed by atoms with Gasteiger partial charge in [-0.2, -0.15) is 0 Å². The Morgan fingerprint density at radius 2 is 2.22 bits per heavy atom. The molecule has 0 spiro atoms. The van der Waals surface area contributed by atoms with Crippen LogP contribution < -0.4 is 0 Å². The van der Waals surface area contributed by atoms with Crippen LogP contribution in [0.15, 0.2) is 6.08 Å². The van der Waals surface area contributed by atoms with E-state index in [-0.39, 0.29) is 0 Å². The first-order chi connectivity index (χ1) is 8.66. The number of aliphatic carboxylic acids is 1. The van der Waals surface area contributed by atoms with E-state index in [4.69, 9.17) is 5.11 Å². The van der Waals surface area contributed by atoms with Crippen LogP contribution in [0.3, 0.4) is 0 Å². The van der Waals surface area contributed by atoms with Crippen LogP contribution in [0.1, 0.15) is 34.8 Å². The van der Waals surface area contributed by atoms with Crippen LogP contribution in [0.5, 0.6) is 0 Å². The number of fused-ring (bicyclic) bond motifs is 3. The summed E-state index contributed by atoms with van der Waals surface area (Å²) in [4.78, 5) is 17.6. The van der Waals surface area contributed by atoms with Crippen LogP contribution in [-0.2, 0) is 17.6 Å². The number of carboxylic acid groups (broad SMARTS) is 1. The first-order valence-corrected chi connectivity index (χ1v) is 6.89. The van der Waals surface area contributed by atoms with Crippen molar-refractivity contribution in [3.63, 3.8) is 0 Å². The number of thiazole rings is 1. The Labute approximate surface area is 109 Å². The second kappa shape index (κ2) is 4.24. The number of aromatic nitrogens is 2. The molecule has 0 aliphatic heterocycles. The van der Waals surface area contributed by atoms with Crippen LogP contribution >= 0.6 is 11.3 Å². The summed E-state index contributed by atoms with van der Waals surface area (Å²) in [5.41, 5.74) is 3.13. The monoisotopic (exact) mass is 262 g/mol. The quantitative estimate of drug-likeness (QED) is 0.847. The first-order valence-electron chi connectivity index (χ1n) is 6.07. The molecule has 2 aromatic rings. The van der Waals surface area contributed by atoms with Crippen LogP contribution in [0.25, 0.3) is 11.0 Å². The lowest BCUT2D eigenvalue weighted by Crippen LogP contribution is -2.04. The molecule has 94 valence electrons. The van der Waals surface area contributed by atoms with Crippen molar-refractivity contribution in [2.75, 3.05) is 0 Å². The molecular formula is C13H14N2O2S. The lowest BCUT2D eigenvalue weighted by atomic mass is 10.0. The Morgan fingerprint density at radius 1 is 1.44 bits per heavy atom. The van der Waals surface area contributed by atoms with Gasteiger partial charge in [0, 0.05) is 16.6 Å². The Hall–Kier alpha value is -1.62. The maximum absolute atomic E-state index is 10.7. The van der Waals surface area contributed by atoms with Gasteiger partial charge in [-0.25, -0.2) is 9.78 Å². The molecule has 0 fully saturated rings. The Kier molecular flexibility index (Phi) is 2.70. The highest BCUT2D eigenvalue weighted by atomic mass is 32.1. The minimum atomic E-state index is -0.923. The summed E-state index contributed by atoms with van der Waals surface area (Å²) in [7, 11) is 0. The third-order valence-electron chi connectivity index (χ3n) is 3.32. The summed E-state index contributed by atoms with van der Waals surface area (Å²) in [5.74, 6) is -0.923. The zero-order valence-electron chi connectivity index (χ0n) is 10.1. The third kappa shape index (κ3) is 1.75. The molecule has 5 heteroatoms. The number of hydrogen-bond acceptors (Lipinski definition) is 3. The van der Waals surface area contributed by atoms with E-state index in [9.17, 15) is 4.79 Å². The molecular weight excluding hydrogens is 248 g/mol. The molecule has 1 N–H and O–H groups in total. The smallest absolute Gasteiger partial charge is 0.328 e. The number of carboxylic acids is 1. The van der Waals surface area contributed by atoms with Gasteiger partial charge in [-0.1, -0.05) is 0 Å². The highest BCUT2D eigenvalue weighted by Crippen LogP contribution is 2.32. The molecule has 0 aromatic carbocycles. The molecule has 0 unspecified atom stereocenters. The zero-order valence-corrected chi connectivity index (χ0v) is 11.0. The number of aryl methyl sites for hydroxylation is 3. The lowest BCUT2D eigenvalue weighted by Gasteiger charge is -2.11. The van der Waals surface area contributed by atoms with Crippen molar-refractivity contribution in [2.24, 2.45) is 0 Å². The van der Waals surface area contributed by atoms with E-state index in [2.05, 4.69) is 9.38 Å². The maximum Gasteiger partial charge on any atom is 0.328 e. The van der Waals surface area contributed by atoms with Crippen LogP contribution in [-0.4, -0.2) is 20.5 Å². The molecule has 3 rings (SSSR count). The van der Waals surface area contributed by atoms with E-state index in [1.807, 2.05) is 6.92 Å². The van der Waals surface area contributed by atoms with Crippen molar-refractivity contribution in [1.29, 1.82) is 0 Å². The van der Waals surface area contributed by atoms with Gasteiger partial charge in [0.05, 0.1) is 11.4 Å². The summed E-state index contributed by atoms with van der Waals surface area (Å²) in [6.45, 7) is 1.93. The molecule has 1 aliphatic carbocycles. The minimum Gasteiger partial charge on any atom is -0.478 e. The summed E-state index contributed by atoms with van der Waals surface area (Å²) >= 11 is 1.74. The Morgan fingerprint density at radius 3 is 3.00 bits per heavy atom. The summed E-state index contributed by atoms with van der Waals surface area (Å²) in [6, 6.07) is 0. The second-order valence-electron chi connectivity index (χ2n) is 4.55. The van der Waals surface area contributed by atoms with Crippen molar-refractivity contribution in [3.8, 4) is 0 Å². The molecule has 18 heavy (non-hydrogen) atoms. The van der Waals surface area contributed by atoms with Gasteiger partial charge in [0.25, 0.3) is 0 Å². The van der Waals surface area contributed by atoms with Gasteiger partial charge in [0.1, 0.15) is 0 Å². The lowest BCUT2D eigenvalue weighted by molar-refractivity contribution is -0.131. The fourth-order valence-electron chi connectivity index (χ4n) is 2.51. The van der Waals surface area contributed by atoms with Gasteiger partial charge in [-0.3, -0.25) is 4.40 Å². The van der Waals surface area contributed by atoms with Gasteiger partial charge < -0.3 is 5.11 Å². The molecule has 0 amide bonds. The molecule has 0 saturated carbocycles. The van der Waals surface area contributed by atoms with Crippen molar-refractivity contribution < 1.29 is 9.90 Å². The SMILES string of the molecule is Cc1nc2sc3c(n2c1/C=C/C(=O)O)CCCC3. The summed E-state index contributed by atoms with van der Waals surface area (Å²) in [5, 5.41) is 8.75. The van der Waals surface area contributed by atoms with Gasteiger partial charge in [-0.15, -0.1) is 11.3 Å². The summed E-state index contributed by atoms with van der Waals surface area (Å²) in [6.07, 6.45) is 7.49. The fraction of sp³-hybridized carbons (Fsp3) is 0.385. The average molecular weight is 262 g/mol. The number of imidazole rings is 1. The van der Waals surface area contributed by atoms with Gasteiger partial charge >= 0.3 is 5.97 Å². The second-order valence-corrected chi connectivity index (χ2v) is 5.61. The predicted molar refractivity (Wildman–Crippen MR) is 71.1 cm³/mol. The zero-order chi connectivity index (χ0) is 12.7. The van der Waals surface area contributed by atoms with Crippen molar-refractivity contribution >= 4 is 28.3 Å². The standard InChI is InChI=1S/C13H14N2O2S/c1-8-9(6-7-12(16)17)15-10-4-2-3-5-11(10)18-13(15)14-8/h6-7H,2-5H2,1H3,(H,16,17)/b7-6+. The molecule has 0 saturated heterocycles. The molecule has 0 atom stereocenters. The summed E-state index contributed by atoms with van der Waals surface area (Å²) < 4.78 is 2.13. The first kappa shape index (κ1) is 11.5. The molecule has 2 heterocycles. The molecule has 0 radical (unpaired) electrons. The van der Waals surface area contributed by atoms with Crippen LogP contribution in [0.2, 0.25) is 0 Å².